The molecule has 0 heterocycles. The van der Waals surface area contributed by atoms with Crippen LogP contribution in [0.2, 0.25) is 0 Å². The number of carbonyl (C=O) groups is 2. The molecule has 0 saturated heterocycles. The van der Waals surface area contributed by atoms with Gasteiger partial charge in [0, 0.05) is 5.92 Å². The van der Waals surface area contributed by atoms with Gasteiger partial charge in [-0.1, -0.05) is 18.6 Å². The number of phenols is 1. The molecular formula is C24H26F2O4. The van der Waals surface area contributed by atoms with Gasteiger partial charge in [-0.2, -0.15) is 0 Å². The average Bonchev–Trinajstić information content (AvgIpc) is 2.68. The molecule has 4 nitrogen and oxygen atoms in total. The normalized spacial score (nSPS) is 13.6. The van der Waals surface area contributed by atoms with Crippen LogP contribution >= 0.6 is 0 Å². The van der Waals surface area contributed by atoms with E-state index in [1.54, 1.807) is 19.1 Å². The molecule has 2 aromatic carbocycles. The van der Waals surface area contributed by atoms with Gasteiger partial charge >= 0.3 is 0 Å². The van der Waals surface area contributed by atoms with Crippen molar-refractivity contribution in [3.63, 3.8) is 0 Å². The van der Waals surface area contributed by atoms with Crippen molar-refractivity contribution in [2.45, 2.75) is 39.5 Å². The highest BCUT2D eigenvalue weighted by molar-refractivity contribution is 5.87. The smallest absolute Gasteiger partial charge is 0.157 e. The molecule has 0 aliphatic rings. The Morgan fingerprint density at radius 3 is 2.57 bits per heavy atom. The second-order valence-electron chi connectivity index (χ2n) is 7.36. The number of halogens is 2. The van der Waals surface area contributed by atoms with Gasteiger partial charge < -0.3 is 9.84 Å². The van der Waals surface area contributed by atoms with Crippen LogP contribution in [0.3, 0.4) is 0 Å². The first-order valence-corrected chi connectivity index (χ1v) is 9.79. The zero-order valence-corrected chi connectivity index (χ0v) is 17.3. The van der Waals surface area contributed by atoms with Gasteiger partial charge in [0.2, 0.25) is 0 Å². The van der Waals surface area contributed by atoms with E-state index in [0.717, 1.165) is 17.7 Å². The molecule has 0 aliphatic carbocycles. The Balaban J connectivity index is 2.38. The minimum atomic E-state index is -0.531. The van der Waals surface area contributed by atoms with Crippen molar-refractivity contribution < 1.29 is 28.2 Å². The molecular weight excluding hydrogens is 390 g/mol. The molecule has 0 radical (unpaired) electrons. The van der Waals surface area contributed by atoms with Crippen LogP contribution in [0.1, 0.15) is 55.5 Å². The highest BCUT2D eigenvalue weighted by atomic mass is 19.1. The lowest BCUT2D eigenvalue weighted by atomic mass is 9.80. The zero-order chi connectivity index (χ0) is 22.3. The summed E-state index contributed by atoms with van der Waals surface area (Å²) < 4.78 is 34.1. The van der Waals surface area contributed by atoms with E-state index in [-0.39, 0.29) is 46.9 Å². The third-order valence-corrected chi connectivity index (χ3v) is 5.01. The lowest BCUT2D eigenvalue weighted by Gasteiger charge is -2.28. The van der Waals surface area contributed by atoms with Crippen molar-refractivity contribution in [2.24, 2.45) is 5.92 Å². The van der Waals surface area contributed by atoms with Crippen molar-refractivity contribution in [3.8, 4) is 11.5 Å². The maximum Gasteiger partial charge on any atom is 0.157 e. The summed E-state index contributed by atoms with van der Waals surface area (Å²) in [6, 6.07) is 7.85. The molecule has 160 valence electrons. The van der Waals surface area contributed by atoms with E-state index < -0.39 is 11.6 Å². The van der Waals surface area contributed by atoms with Crippen molar-refractivity contribution >= 4 is 12.1 Å². The lowest BCUT2D eigenvalue weighted by Crippen LogP contribution is -2.22. The monoisotopic (exact) mass is 416 g/mol. The maximum absolute atomic E-state index is 14.5. The molecule has 0 amide bonds. The Kier molecular flexibility index (Phi) is 8.27. The van der Waals surface area contributed by atoms with Crippen LogP contribution in [-0.4, -0.2) is 23.8 Å². The third kappa shape index (κ3) is 5.99. The topological polar surface area (TPSA) is 63.6 Å². The number of ether oxygens (including phenoxy) is 1. The van der Waals surface area contributed by atoms with Crippen LogP contribution in [0.5, 0.6) is 11.5 Å². The van der Waals surface area contributed by atoms with E-state index in [9.17, 15) is 23.5 Å². The van der Waals surface area contributed by atoms with Crippen LogP contribution < -0.4 is 4.74 Å². The van der Waals surface area contributed by atoms with Gasteiger partial charge in [-0.05, 0) is 74.6 Å². The summed E-state index contributed by atoms with van der Waals surface area (Å²) in [5, 5.41) is 9.85. The molecule has 2 rings (SSSR count). The second kappa shape index (κ2) is 10.7. The lowest BCUT2D eigenvalue weighted by molar-refractivity contribution is -0.112. The van der Waals surface area contributed by atoms with Crippen LogP contribution in [-0.2, 0) is 4.79 Å². The molecule has 0 aliphatic heterocycles. The Hall–Kier alpha value is -3.02. The predicted octanol–water partition coefficient (Wildman–Crippen LogP) is 5.60. The number of rotatable bonds is 10. The van der Waals surface area contributed by atoms with Gasteiger partial charge in [0.25, 0.3) is 0 Å². The van der Waals surface area contributed by atoms with Gasteiger partial charge in [-0.15, -0.1) is 0 Å². The first kappa shape index (κ1) is 23.3. The number of phenolic OH excluding ortho intramolecular Hbond substituents is 1. The third-order valence-electron chi connectivity index (χ3n) is 5.01. The van der Waals surface area contributed by atoms with E-state index in [4.69, 9.17) is 4.74 Å². The molecule has 0 fully saturated rings. The second-order valence-corrected chi connectivity index (χ2v) is 7.36. The van der Waals surface area contributed by atoms with Crippen LogP contribution in [0.15, 0.2) is 48.0 Å². The number of aldehydes is 1. The first-order valence-electron chi connectivity index (χ1n) is 9.79. The van der Waals surface area contributed by atoms with Gasteiger partial charge in [0.1, 0.15) is 23.1 Å². The summed E-state index contributed by atoms with van der Waals surface area (Å²) in [6.07, 6.45) is 2.95. The molecule has 2 atom stereocenters. The molecule has 6 heteroatoms. The molecule has 2 aromatic rings. The quantitative estimate of drug-likeness (QED) is 0.405. The average molecular weight is 416 g/mol. The SMILES string of the molecule is CC[C@@H](c1cc(F)ccc1F)[C@H](COc1cccc(O)c1C=O)C/C(C)=C\C(C)=O. The van der Waals surface area contributed by atoms with Crippen molar-refractivity contribution in [2.75, 3.05) is 6.61 Å². The zero-order valence-electron chi connectivity index (χ0n) is 17.3. The van der Waals surface area contributed by atoms with Gasteiger partial charge in [0.05, 0.1) is 12.2 Å². The molecule has 0 aromatic heterocycles. The molecule has 30 heavy (non-hydrogen) atoms. The van der Waals surface area contributed by atoms with E-state index >= 15 is 0 Å². The van der Waals surface area contributed by atoms with Gasteiger partial charge in [-0.3, -0.25) is 9.59 Å². The summed E-state index contributed by atoms with van der Waals surface area (Å²) >= 11 is 0. The molecule has 0 bridgehead atoms. The van der Waals surface area contributed by atoms with Crippen LogP contribution in [0.25, 0.3) is 0 Å². The minimum Gasteiger partial charge on any atom is -0.507 e. The largest absolute Gasteiger partial charge is 0.507 e. The minimum absolute atomic E-state index is 0.0252. The number of carbonyl (C=O) groups excluding carboxylic acids is 2. The fourth-order valence-electron chi connectivity index (χ4n) is 3.72. The molecule has 0 spiro atoms. The fourth-order valence-corrected chi connectivity index (χ4v) is 3.72. The maximum atomic E-state index is 14.5. The van der Waals surface area contributed by atoms with Crippen molar-refractivity contribution in [1.82, 2.24) is 0 Å². The summed E-state index contributed by atoms with van der Waals surface area (Å²) in [7, 11) is 0. The number of benzene rings is 2. The number of aromatic hydroxyl groups is 1. The van der Waals surface area contributed by atoms with E-state index in [1.807, 2.05) is 6.92 Å². The molecule has 0 saturated carbocycles. The summed E-state index contributed by atoms with van der Waals surface area (Å²) in [6.45, 7) is 5.20. The Labute approximate surface area is 175 Å². The number of hydrogen-bond donors (Lipinski definition) is 1. The van der Waals surface area contributed by atoms with E-state index in [1.165, 1.54) is 25.1 Å². The highest BCUT2D eigenvalue weighted by Crippen LogP contribution is 2.35. The standard InChI is InChI=1S/C24H26F2O4/c1-4-19(20-12-18(25)8-9-22(20)26)17(11-15(2)10-16(3)28)14-30-24-7-5-6-23(29)21(24)13-27/h5-10,12-13,17,19,29H,4,11,14H2,1-3H3/b15-10-/t17-,19+/m0/s1. The number of hydrogen-bond acceptors (Lipinski definition) is 4. The number of allylic oxidation sites excluding steroid dienone is 2. The summed E-state index contributed by atoms with van der Waals surface area (Å²) in [4.78, 5) is 22.8. The van der Waals surface area contributed by atoms with Crippen LogP contribution in [0.4, 0.5) is 8.78 Å². The first-order chi connectivity index (χ1) is 14.3. The summed E-state index contributed by atoms with van der Waals surface area (Å²) in [5.41, 5.74) is 1.06. The van der Waals surface area contributed by atoms with E-state index in [2.05, 4.69) is 0 Å². The molecule has 1 N–H and O–H groups in total. The molecule has 0 unspecified atom stereocenters. The highest BCUT2D eigenvalue weighted by Gasteiger charge is 2.26. The van der Waals surface area contributed by atoms with E-state index in [0.29, 0.717) is 19.1 Å². The predicted molar refractivity (Wildman–Crippen MR) is 111 cm³/mol. The van der Waals surface area contributed by atoms with Gasteiger partial charge in [-0.25, -0.2) is 8.78 Å². The Bertz CT molecular complexity index is 937. The summed E-state index contributed by atoms with van der Waals surface area (Å²) in [5.74, 6) is -1.82. The Morgan fingerprint density at radius 1 is 1.20 bits per heavy atom. The van der Waals surface area contributed by atoms with Gasteiger partial charge in [0.15, 0.2) is 12.1 Å². The Morgan fingerprint density at radius 2 is 1.93 bits per heavy atom. The fraction of sp³-hybridized carbons (Fsp3) is 0.333. The van der Waals surface area contributed by atoms with Crippen LogP contribution in [0, 0.1) is 17.6 Å². The van der Waals surface area contributed by atoms with Crippen molar-refractivity contribution in [3.05, 3.63) is 70.8 Å². The number of ketones is 1. The van der Waals surface area contributed by atoms with Crippen molar-refractivity contribution in [1.29, 1.82) is 0 Å².